The molecular weight excluding hydrogens is 399 g/mol. The number of nitrogens with two attached hydrogens (primary N) is 1. The van der Waals surface area contributed by atoms with Crippen molar-refractivity contribution in [2.24, 2.45) is 10.7 Å². The first-order valence-electron chi connectivity index (χ1n) is 8.54. The quantitative estimate of drug-likeness (QED) is 0.297. The van der Waals surface area contributed by atoms with Crippen LogP contribution in [0.25, 0.3) is 0 Å². The summed E-state index contributed by atoms with van der Waals surface area (Å²) in [7, 11) is 0. The second kappa shape index (κ2) is 10.9. The smallest absolute Gasteiger partial charge is 0.193 e. The van der Waals surface area contributed by atoms with Crippen molar-refractivity contribution in [3.05, 3.63) is 29.8 Å². The minimum absolute atomic E-state index is 0. The zero-order valence-corrected chi connectivity index (χ0v) is 16.8. The molecule has 0 spiro atoms. The fourth-order valence-corrected chi connectivity index (χ4v) is 2.82. The molecule has 0 aromatic heterocycles. The number of guanidine groups is 1. The lowest BCUT2D eigenvalue weighted by molar-refractivity contribution is 0.331. The van der Waals surface area contributed by atoms with Crippen LogP contribution in [0.1, 0.15) is 51.0 Å². The molecule has 0 saturated carbocycles. The number of unbranched alkanes of at least 4 members (excludes halogenated alkanes) is 1. The van der Waals surface area contributed by atoms with Crippen LogP contribution in [-0.4, -0.2) is 37.0 Å². The van der Waals surface area contributed by atoms with Crippen molar-refractivity contribution in [3.8, 4) is 0 Å². The first-order valence-corrected chi connectivity index (χ1v) is 8.54. The van der Waals surface area contributed by atoms with Crippen molar-refractivity contribution in [1.82, 2.24) is 4.90 Å². The van der Waals surface area contributed by atoms with Gasteiger partial charge in [-0.25, -0.2) is 0 Å². The van der Waals surface area contributed by atoms with Crippen LogP contribution in [-0.2, 0) is 0 Å². The van der Waals surface area contributed by atoms with Gasteiger partial charge < -0.3 is 16.0 Å². The Balaban J connectivity index is 0.00000264. The third-order valence-electron chi connectivity index (χ3n) is 4.19. The average molecular weight is 430 g/mol. The van der Waals surface area contributed by atoms with E-state index in [2.05, 4.69) is 47.3 Å². The molecule has 0 radical (unpaired) electrons. The zero-order chi connectivity index (χ0) is 15.8. The molecule has 1 fully saturated rings. The number of likely N-dealkylation sites (tertiary alicyclic amines) is 1. The Labute approximate surface area is 157 Å². The maximum absolute atomic E-state index is 5.96. The lowest BCUT2D eigenvalue weighted by Crippen LogP contribution is -2.23. The number of anilines is 1. The monoisotopic (exact) mass is 430 g/mol. The Morgan fingerprint density at radius 3 is 2.70 bits per heavy atom. The minimum atomic E-state index is 0. The molecule has 1 heterocycles. The van der Waals surface area contributed by atoms with Gasteiger partial charge in [0.2, 0.25) is 0 Å². The summed E-state index contributed by atoms with van der Waals surface area (Å²) in [4.78, 5) is 6.97. The number of aliphatic imine (C=N–C) groups is 1. The van der Waals surface area contributed by atoms with Gasteiger partial charge in [0.15, 0.2) is 5.96 Å². The maximum atomic E-state index is 5.96. The summed E-state index contributed by atoms with van der Waals surface area (Å²) in [5, 5.41) is 3.19. The van der Waals surface area contributed by atoms with Crippen molar-refractivity contribution in [2.75, 3.05) is 31.5 Å². The molecule has 2 rings (SSSR count). The predicted octanol–water partition coefficient (Wildman–Crippen LogP) is 4.03. The normalized spacial score (nSPS) is 15.7. The third kappa shape index (κ3) is 7.52. The molecule has 0 amide bonds. The number of halogens is 1. The molecule has 0 unspecified atom stereocenters. The molecule has 1 aromatic carbocycles. The van der Waals surface area contributed by atoms with Crippen LogP contribution < -0.4 is 11.1 Å². The molecule has 5 heteroatoms. The van der Waals surface area contributed by atoms with E-state index in [0.29, 0.717) is 11.9 Å². The largest absolute Gasteiger partial charge is 0.370 e. The van der Waals surface area contributed by atoms with Gasteiger partial charge in [0.1, 0.15) is 0 Å². The molecule has 4 nitrogen and oxygen atoms in total. The topological polar surface area (TPSA) is 53.6 Å². The molecular formula is C18H31IN4. The van der Waals surface area contributed by atoms with E-state index in [1.165, 1.54) is 44.5 Å². The van der Waals surface area contributed by atoms with E-state index in [-0.39, 0.29) is 24.0 Å². The number of nitrogens with one attached hydrogen (secondary N) is 1. The first-order chi connectivity index (χ1) is 10.6. The molecule has 1 saturated heterocycles. The van der Waals surface area contributed by atoms with Gasteiger partial charge >= 0.3 is 0 Å². The summed E-state index contributed by atoms with van der Waals surface area (Å²) in [6.45, 7) is 8.95. The van der Waals surface area contributed by atoms with Crippen LogP contribution in [0.15, 0.2) is 29.3 Å². The van der Waals surface area contributed by atoms with Crippen LogP contribution in [0.2, 0.25) is 0 Å². The number of nitrogens with zero attached hydrogens (tertiary/aromatic N) is 2. The van der Waals surface area contributed by atoms with Crippen molar-refractivity contribution in [3.63, 3.8) is 0 Å². The Morgan fingerprint density at radius 1 is 1.26 bits per heavy atom. The van der Waals surface area contributed by atoms with E-state index >= 15 is 0 Å². The van der Waals surface area contributed by atoms with Gasteiger partial charge in [-0.3, -0.25) is 4.99 Å². The van der Waals surface area contributed by atoms with Gasteiger partial charge in [0.25, 0.3) is 0 Å². The number of hydrogen-bond donors (Lipinski definition) is 2. The zero-order valence-electron chi connectivity index (χ0n) is 14.4. The summed E-state index contributed by atoms with van der Waals surface area (Å²) in [6.07, 6.45) is 5.04. The van der Waals surface area contributed by atoms with E-state index < -0.39 is 0 Å². The summed E-state index contributed by atoms with van der Waals surface area (Å²) < 4.78 is 0. The highest BCUT2D eigenvalue weighted by atomic mass is 127. The van der Waals surface area contributed by atoms with E-state index in [4.69, 9.17) is 5.73 Å². The van der Waals surface area contributed by atoms with Gasteiger partial charge in [0.05, 0.1) is 0 Å². The highest BCUT2D eigenvalue weighted by molar-refractivity contribution is 14.0. The van der Waals surface area contributed by atoms with E-state index in [1.807, 2.05) is 6.07 Å². The minimum Gasteiger partial charge on any atom is -0.370 e. The number of benzene rings is 1. The molecule has 0 atom stereocenters. The second-order valence-corrected chi connectivity index (χ2v) is 6.43. The standard InChI is InChI=1S/C18H30N4.HI/c1-15(2)16-8-7-9-17(14-16)21-18(19)20-10-3-4-11-22-12-5-6-13-22;/h7-9,14-15H,3-6,10-13H2,1-2H3,(H3,19,20,21);1H. The molecule has 0 bridgehead atoms. The third-order valence-corrected chi connectivity index (χ3v) is 4.19. The van der Waals surface area contributed by atoms with Gasteiger partial charge in [-0.2, -0.15) is 0 Å². The van der Waals surface area contributed by atoms with Crippen LogP contribution in [0.5, 0.6) is 0 Å². The van der Waals surface area contributed by atoms with Gasteiger partial charge in [-0.05, 0) is 68.9 Å². The van der Waals surface area contributed by atoms with Crippen molar-refractivity contribution in [1.29, 1.82) is 0 Å². The molecule has 130 valence electrons. The predicted molar refractivity (Wildman–Crippen MR) is 111 cm³/mol. The lowest BCUT2D eigenvalue weighted by Gasteiger charge is -2.13. The molecule has 3 N–H and O–H groups in total. The molecule has 1 aliphatic rings. The number of hydrogen-bond acceptors (Lipinski definition) is 2. The maximum Gasteiger partial charge on any atom is 0.193 e. The second-order valence-electron chi connectivity index (χ2n) is 6.43. The SMILES string of the molecule is CC(C)c1cccc(NC(N)=NCCCCN2CCCC2)c1.I. The van der Waals surface area contributed by atoms with E-state index in [1.54, 1.807) is 0 Å². The highest BCUT2D eigenvalue weighted by Crippen LogP contribution is 2.18. The van der Waals surface area contributed by atoms with Gasteiger partial charge in [0, 0.05) is 12.2 Å². The van der Waals surface area contributed by atoms with Crippen molar-refractivity contribution in [2.45, 2.75) is 45.4 Å². The van der Waals surface area contributed by atoms with Crippen LogP contribution in [0.3, 0.4) is 0 Å². The lowest BCUT2D eigenvalue weighted by atomic mass is 10.0. The van der Waals surface area contributed by atoms with Crippen LogP contribution >= 0.6 is 24.0 Å². The molecule has 1 aliphatic heterocycles. The Kier molecular flexibility index (Phi) is 9.55. The van der Waals surface area contributed by atoms with Crippen LogP contribution in [0, 0.1) is 0 Å². The summed E-state index contributed by atoms with van der Waals surface area (Å²) >= 11 is 0. The first kappa shape index (κ1) is 20.2. The summed E-state index contributed by atoms with van der Waals surface area (Å²) in [5.41, 5.74) is 8.29. The van der Waals surface area contributed by atoms with E-state index in [0.717, 1.165) is 18.7 Å². The Morgan fingerprint density at radius 2 is 2.00 bits per heavy atom. The highest BCUT2D eigenvalue weighted by Gasteiger charge is 2.09. The van der Waals surface area contributed by atoms with Crippen molar-refractivity contribution >= 4 is 35.6 Å². The average Bonchev–Trinajstić information content (AvgIpc) is 3.00. The Hall–Kier alpha value is -0.820. The molecule has 0 aliphatic carbocycles. The number of rotatable bonds is 7. The fourth-order valence-electron chi connectivity index (χ4n) is 2.82. The summed E-state index contributed by atoms with van der Waals surface area (Å²) in [5.74, 6) is 1.03. The van der Waals surface area contributed by atoms with Crippen LogP contribution in [0.4, 0.5) is 5.69 Å². The van der Waals surface area contributed by atoms with E-state index in [9.17, 15) is 0 Å². The molecule has 23 heavy (non-hydrogen) atoms. The molecule has 1 aromatic rings. The van der Waals surface area contributed by atoms with Gasteiger partial charge in [-0.15, -0.1) is 24.0 Å². The van der Waals surface area contributed by atoms with Gasteiger partial charge in [-0.1, -0.05) is 26.0 Å². The fraction of sp³-hybridized carbons (Fsp3) is 0.611. The van der Waals surface area contributed by atoms with Crippen molar-refractivity contribution < 1.29 is 0 Å². The summed E-state index contributed by atoms with van der Waals surface area (Å²) in [6, 6.07) is 8.37. The Bertz CT molecular complexity index is 482.